The highest BCUT2D eigenvalue weighted by atomic mass is 16.2. The van der Waals surface area contributed by atoms with Gasteiger partial charge >= 0.3 is 6.03 Å². The van der Waals surface area contributed by atoms with Gasteiger partial charge in [-0.3, -0.25) is 14.8 Å². The fraction of sp³-hybridized carbons (Fsp3) is 0.333. The molecule has 0 aliphatic rings. The molecular formula is C18H23N5O2. The number of carbonyl (C=O) groups is 2. The van der Waals surface area contributed by atoms with E-state index in [-0.39, 0.29) is 18.0 Å². The molecule has 0 unspecified atom stereocenters. The Hall–Kier alpha value is -2.96. The van der Waals surface area contributed by atoms with E-state index in [0.717, 1.165) is 11.3 Å². The second-order valence-electron chi connectivity index (χ2n) is 5.73. The number of anilines is 1. The highest BCUT2D eigenvalue weighted by molar-refractivity contribution is 5.90. The largest absolute Gasteiger partial charge is 0.359 e. The lowest BCUT2D eigenvalue weighted by Crippen LogP contribution is -2.37. The standard InChI is InChI=1S/C18H23N5O2/c1-13(11-15-12-20-9-10-21-15)22-18(25)23-16-6-4-3-5-14(16)7-8-17(24)19-2/h3-6,9-10,12-13H,7-8,11H2,1-2H3,(H,19,24)(H2,22,23,25)/t13-/m0/s1. The predicted molar refractivity (Wildman–Crippen MR) is 96.2 cm³/mol. The van der Waals surface area contributed by atoms with Crippen molar-refractivity contribution in [2.45, 2.75) is 32.2 Å². The third kappa shape index (κ3) is 6.21. The Morgan fingerprint density at radius 1 is 1.20 bits per heavy atom. The summed E-state index contributed by atoms with van der Waals surface area (Å²) in [5.41, 5.74) is 2.44. The zero-order chi connectivity index (χ0) is 18.1. The van der Waals surface area contributed by atoms with Crippen LogP contribution in [-0.2, 0) is 17.6 Å². The van der Waals surface area contributed by atoms with Crippen molar-refractivity contribution in [3.8, 4) is 0 Å². The molecule has 1 aromatic heterocycles. The molecule has 0 aliphatic carbocycles. The summed E-state index contributed by atoms with van der Waals surface area (Å²) < 4.78 is 0. The molecule has 0 saturated carbocycles. The average molecular weight is 341 g/mol. The van der Waals surface area contributed by atoms with E-state index in [1.807, 2.05) is 31.2 Å². The Balaban J connectivity index is 1.90. The molecular weight excluding hydrogens is 318 g/mol. The summed E-state index contributed by atoms with van der Waals surface area (Å²) in [6, 6.07) is 7.09. The molecule has 0 spiro atoms. The van der Waals surface area contributed by atoms with Crippen molar-refractivity contribution in [2.24, 2.45) is 0 Å². The first-order valence-electron chi connectivity index (χ1n) is 8.19. The second-order valence-corrected chi connectivity index (χ2v) is 5.73. The van der Waals surface area contributed by atoms with E-state index in [4.69, 9.17) is 0 Å². The fourth-order valence-corrected chi connectivity index (χ4v) is 2.42. The topological polar surface area (TPSA) is 96.0 Å². The van der Waals surface area contributed by atoms with Crippen LogP contribution in [0.15, 0.2) is 42.9 Å². The number of hydrogen-bond donors (Lipinski definition) is 3. The van der Waals surface area contributed by atoms with Crippen LogP contribution in [0.3, 0.4) is 0 Å². The molecule has 2 aromatic rings. The molecule has 0 saturated heterocycles. The molecule has 2 rings (SSSR count). The molecule has 25 heavy (non-hydrogen) atoms. The van der Waals surface area contributed by atoms with Crippen LogP contribution < -0.4 is 16.0 Å². The van der Waals surface area contributed by atoms with Gasteiger partial charge in [0.1, 0.15) is 0 Å². The van der Waals surface area contributed by atoms with Crippen molar-refractivity contribution in [3.05, 3.63) is 54.1 Å². The Morgan fingerprint density at radius 2 is 2.00 bits per heavy atom. The van der Waals surface area contributed by atoms with Crippen molar-refractivity contribution in [3.63, 3.8) is 0 Å². The lowest BCUT2D eigenvalue weighted by molar-refractivity contribution is -0.120. The fourth-order valence-electron chi connectivity index (χ4n) is 2.42. The molecule has 0 aliphatic heterocycles. The summed E-state index contributed by atoms with van der Waals surface area (Å²) in [6.07, 6.45) is 6.46. The Bertz CT molecular complexity index is 706. The normalized spacial score (nSPS) is 11.4. The maximum absolute atomic E-state index is 12.2. The van der Waals surface area contributed by atoms with Gasteiger partial charge < -0.3 is 16.0 Å². The van der Waals surface area contributed by atoms with Gasteiger partial charge in [-0.1, -0.05) is 18.2 Å². The van der Waals surface area contributed by atoms with Crippen molar-refractivity contribution >= 4 is 17.6 Å². The lowest BCUT2D eigenvalue weighted by Gasteiger charge is -2.16. The van der Waals surface area contributed by atoms with Crippen LogP contribution in [0, 0.1) is 0 Å². The number of amides is 3. The maximum atomic E-state index is 12.2. The highest BCUT2D eigenvalue weighted by Gasteiger charge is 2.11. The van der Waals surface area contributed by atoms with Crippen LogP contribution in [0.5, 0.6) is 0 Å². The zero-order valence-electron chi connectivity index (χ0n) is 14.5. The van der Waals surface area contributed by atoms with Crippen LogP contribution >= 0.6 is 0 Å². The van der Waals surface area contributed by atoms with Gasteiger partial charge in [0.15, 0.2) is 0 Å². The molecule has 132 valence electrons. The van der Waals surface area contributed by atoms with E-state index in [1.165, 1.54) is 0 Å². The number of nitrogens with one attached hydrogen (secondary N) is 3. The summed E-state index contributed by atoms with van der Waals surface area (Å²) in [4.78, 5) is 31.9. The van der Waals surface area contributed by atoms with E-state index in [0.29, 0.717) is 24.9 Å². The third-order valence-electron chi connectivity index (χ3n) is 3.68. The number of rotatable bonds is 7. The molecule has 1 aromatic carbocycles. The van der Waals surface area contributed by atoms with E-state index >= 15 is 0 Å². The molecule has 0 fully saturated rings. The van der Waals surface area contributed by atoms with Gasteiger partial charge in [0.05, 0.1) is 5.69 Å². The van der Waals surface area contributed by atoms with Crippen LogP contribution in [0.4, 0.5) is 10.5 Å². The number of para-hydroxylation sites is 1. The molecule has 1 atom stereocenters. The minimum atomic E-state index is -0.288. The van der Waals surface area contributed by atoms with Crippen LogP contribution in [-0.4, -0.2) is 35.0 Å². The monoisotopic (exact) mass is 341 g/mol. The number of hydrogen-bond acceptors (Lipinski definition) is 4. The first kappa shape index (κ1) is 18.4. The molecule has 3 amide bonds. The number of nitrogens with zero attached hydrogens (tertiary/aromatic N) is 2. The molecule has 7 nitrogen and oxygen atoms in total. The van der Waals surface area contributed by atoms with Gasteiger partial charge in [-0.05, 0) is 25.0 Å². The summed E-state index contributed by atoms with van der Waals surface area (Å²) in [7, 11) is 1.61. The molecule has 0 bridgehead atoms. The highest BCUT2D eigenvalue weighted by Crippen LogP contribution is 2.16. The Morgan fingerprint density at radius 3 is 2.72 bits per heavy atom. The molecule has 7 heteroatoms. The minimum Gasteiger partial charge on any atom is -0.359 e. The summed E-state index contributed by atoms with van der Waals surface area (Å²) in [5, 5.41) is 8.33. The van der Waals surface area contributed by atoms with E-state index < -0.39 is 0 Å². The first-order valence-corrected chi connectivity index (χ1v) is 8.19. The second kappa shape index (κ2) is 9.36. The van der Waals surface area contributed by atoms with Gasteiger partial charge in [-0.2, -0.15) is 0 Å². The molecule has 0 radical (unpaired) electrons. The van der Waals surface area contributed by atoms with Crippen molar-refractivity contribution in [1.29, 1.82) is 0 Å². The third-order valence-corrected chi connectivity index (χ3v) is 3.68. The van der Waals surface area contributed by atoms with Gasteiger partial charge in [0, 0.05) is 50.2 Å². The molecule has 3 N–H and O–H groups in total. The van der Waals surface area contributed by atoms with Crippen molar-refractivity contribution in [2.75, 3.05) is 12.4 Å². The smallest absolute Gasteiger partial charge is 0.319 e. The number of aryl methyl sites for hydroxylation is 1. The SMILES string of the molecule is CNC(=O)CCc1ccccc1NC(=O)N[C@@H](C)Cc1cnccn1. The maximum Gasteiger partial charge on any atom is 0.319 e. The number of benzene rings is 1. The van der Waals surface area contributed by atoms with Crippen LogP contribution in [0.25, 0.3) is 0 Å². The quantitative estimate of drug-likeness (QED) is 0.717. The lowest BCUT2D eigenvalue weighted by atomic mass is 10.1. The van der Waals surface area contributed by atoms with Crippen molar-refractivity contribution < 1.29 is 9.59 Å². The Kier molecular flexibility index (Phi) is 6.88. The van der Waals surface area contributed by atoms with E-state index in [1.54, 1.807) is 25.6 Å². The first-order chi connectivity index (χ1) is 12.1. The minimum absolute atomic E-state index is 0.0307. The van der Waals surface area contributed by atoms with Gasteiger partial charge in [0.25, 0.3) is 0 Å². The molecule has 1 heterocycles. The number of urea groups is 1. The van der Waals surface area contributed by atoms with Crippen LogP contribution in [0.2, 0.25) is 0 Å². The van der Waals surface area contributed by atoms with Gasteiger partial charge in [-0.15, -0.1) is 0 Å². The predicted octanol–water partition coefficient (Wildman–Crippen LogP) is 1.91. The Labute approximate surface area is 147 Å². The van der Waals surface area contributed by atoms with Crippen molar-refractivity contribution in [1.82, 2.24) is 20.6 Å². The van der Waals surface area contributed by atoms with Gasteiger partial charge in [-0.25, -0.2) is 4.79 Å². The summed E-state index contributed by atoms with van der Waals surface area (Å²) >= 11 is 0. The summed E-state index contributed by atoms with van der Waals surface area (Å²) in [6.45, 7) is 1.91. The summed E-state index contributed by atoms with van der Waals surface area (Å²) in [5.74, 6) is -0.0307. The zero-order valence-corrected chi connectivity index (χ0v) is 14.5. The van der Waals surface area contributed by atoms with Crippen LogP contribution in [0.1, 0.15) is 24.6 Å². The van der Waals surface area contributed by atoms with E-state index in [2.05, 4.69) is 25.9 Å². The van der Waals surface area contributed by atoms with E-state index in [9.17, 15) is 9.59 Å². The average Bonchev–Trinajstić information content (AvgIpc) is 2.61. The number of carbonyl (C=O) groups excluding carboxylic acids is 2. The number of aromatic nitrogens is 2. The van der Waals surface area contributed by atoms with Gasteiger partial charge in [0.2, 0.25) is 5.91 Å².